The maximum Gasteiger partial charge on any atom is 0.313 e. The van der Waals surface area contributed by atoms with E-state index in [0.717, 1.165) is 5.56 Å². The fourth-order valence-corrected chi connectivity index (χ4v) is 2.41. The molecule has 24 heavy (non-hydrogen) atoms. The number of halogens is 2. The van der Waals surface area contributed by atoms with E-state index in [9.17, 15) is 9.59 Å². The quantitative estimate of drug-likeness (QED) is 0.791. The Morgan fingerprint density at radius 1 is 1.00 bits per heavy atom. The molecule has 0 fully saturated rings. The number of anilines is 1. The van der Waals surface area contributed by atoms with Gasteiger partial charge in [0.1, 0.15) is 0 Å². The second kappa shape index (κ2) is 8.18. The van der Waals surface area contributed by atoms with Crippen LogP contribution in [0.5, 0.6) is 0 Å². The molecule has 0 spiro atoms. The van der Waals surface area contributed by atoms with E-state index in [0.29, 0.717) is 16.6 Å². The van der Waals surface area contributed by atoms with Crippen LogP contribution in [0.25, 0.3) is 0 Å². The van der Waals surface area contributed by atoms with Crippen LogP contribution < -0.4 is 10.6 Å². The highest BCUT2D eigenvalue weighted by molar-refractivity contribution is 6.45. The molecule has 2 N–H and O–H groups in total. The third-order valence-electron chi connectivity index (χ3n) is 3.51. The molecule has 2 aromatic carbocycles. The van der Waals surface area contributed by atoms with E-state index in [1.165, 1.54) is 5.56 Å². The fraction of sp³-hybridized carbons (Fsp3) is 0.222. The number of amides is 2. The standard InChI is InChI=1S/C18H18Cl2N2O2/c1-11(2)13-8-6-12(7-9-13)10-21-17(23)18(24)22-15-5-3-4-14(19)16(15)20/h3-9,11H,10H2,1-2H3,(H,21,23)(H,22,24). The molecule has 0 unspecified atom stereocenters. The van der Waals surface area contributed by atoms with Gasteiger partial charge in [-0.3, -0.25) is 9.59 Å². The lowest BCUT2D eigenvalue weighted by Gasteiger charge is -2.10. The van der Waals surface area contributed by atoms with Gasteiger partial charge in [0.15, 0.2) is 0 Å². The topological polar surface area (TPSA) is 58.2 Å². The lowest BCUT2D eigenvalue weighted by molar-refractivity contribution is -0.136. The van der Waals surface area contributed by atoms with Crippen molar-refractivity contribution in [1.82, 2.24) is 5.32 Å². The van der Waals surface area contributed by atoms with E-state index in [2.05, 4.69) is 24.5 Å². The molecule has 0 atom stereocenters. The third-order valence-corrected chi connectivity index (χ3v) is 4.32. The first kappa shape index (κ1) is 18.3. The Morgan fingerprint density at radius 3 is 2.29 bits per heavy atom. The van der Waals surface area contributed by atoms with E-state index in [4.69, 9.17) is 23.2 Å². The summed E-state index contributed by atoms with van der Waals surface area (Å²) in [5.41, 5.74) is 2.44. The van der Waals surface area contributed by atoms with Gasteiger partial charge in [0, 0.05) is 6.54 Å². The Labute approximate surface area is 151 Å². The smallest absolute Gasteiger partial charge is 0.313 e. The van der Waals surface area contributed by atoms with Crippen molar-refractivity contribution in [2.24, 2.45) is 0 Å². The predicted octanol–water partition coefficient (Wildman–Crippen LogP) is 4.37. The Balaban J connectivity index is 1.92. The normalized spacial score (nSPS) is 10.5. The van der Waals surface area contributed by atoms with Crippen molar-refractivity contribution in [1.29, 1.82) is 0 Å². The van der Waals surface area contributed by atoms with E-state index in [1.807, 2.05) is 24.3 Å². The molecule has 0 aliphatic carbocycles. The lowest BCUT2D eigenvalue weighted by Crippen LogP contribution is -2.35. The maximum atomic E-state index is 11.9. The van der Waals surface area contributed by atoms with Crippen LogP contribution in [0.2, 0.25) is 10.0 Å². The van der Waals surface area contributed by atoms with E-state index in [-0.39, 0.29) is 11.6 Å². The van der Waals surface area contributed by atoms with Crippen LogP contribution in [0.3, 0.4) is 0 Å². The predicted molar refractivity (Wildman–Crippen MR) is 97.5 cm³/mol. The molecule has 2 aromatic rings. The number of nitrogens with one attached hydrogen (secondary N) is 2. The molecular formula is C18H18Cl2N2O2. The van der Waals surface area contributed by atoms with Crippen LogP contribution in [0.15, 0.2) is 42.5 Å². The summed E-state index contributed by atoms with van der Waals surface area (Å²) < 4.78 is 0. The molecule has 0 heterocycles. The molecule has 0 aliphatic heterocycles. The minimum absolute atomic E-state index is 0.199. The summed E-state index contributed by atoms with van der Waals surface area (Å²) in [6.07, 6.45) is 0. The monoisotopic (exact) mass is 364 g/mol. The van der Waals surface area contributed by atoms with Crippen molar-refractivity contribution in [2.75, 3.05) is 5.32 Å². The zero-order valence-electron chi connectivity index (χ0n) is 13.4. The zero-order chi connectivity index (χ0) is 17.7. The summed E-state index contributed by atoms with van der Waals surface area (Å²) in [7, 11) is 0. The molecule has 6 heteroatoms. The minimum Gasteiger partial charge on any atom is -0.344 e. The highest BCUT2D eigenvalue weighted by atomic mass is 35.5. The number of carbonyl (C=O) groups is 2. The van der Waals surface area contributed by atoms with Gasteiger partial charge in [-0.15, -0.1) is 0 Å². The number of carbonyl (C=O) groups excluding carboxylic acids is 2. The molecule has 0 bridgehead atoms. The van der Waals surface area contributed by atoms with Crippen LogP contribution in [-0.2, 0) is 16.1 Å². The van der Waals surface area contributed by atoms with Crippen LogP contribution in [0.4, 0.5) is 5.69 Å². The van der Waals surface area contributed by atoms with E-state index in [1.54, 1.807) is 18.2 Å². The zero-order valence-corrected chi connectivity index (χ0v) is 14.9. The number of hydrogen-bond acceptors (Lipinski definition) is 2. The summed E-state index contributed by atoms with van der Waals surface area (Å²) in [5.74, 6) is -1.08. The molecule has 2 rings (SSSR count). The summed E-state index contributed by atoms with van der Waals surface area (Å²) in [5, 5.41) is 5.52. The second-order valence-corrected chi connectivity index (χ2v) is 6.42. The highest BCUT2D eigenvalue weighted by Gasteiger charge is 2.15. The van der Waals surface area contributed by atoms with Gasteiger partial charge in [0.2, 0.25) is 0 Å². The van der Waals surface area contributed by atoms with Crippen LogP contribution in [0.1, 0.15) is 30.9 Å². The summed E-state index contributed by atoms with van der Waals surface area (Å²) >= 11 is 11.8. The molecule has 4 nitrogen and oxygen atoms in total. The van der Waals surface area contributed by atoms with Crippen molar-refractivity contribution in [2.45, 2.75) is 26.3 Å². The Kier molecular flexibility index (Phi) is 6.23. The molecule has 0 aromatic heterocycles. The van der Waals surface area contributed by atoms with Gasteiger partial charge in [-0.25, -0.2) is 0 Å². The SMILES string of the molecule is CC(C)c1ccc(CNC(=O)C(=O)Nc2cccc(Cl)c2Cl)cc1. The number of rotatable bonds is 4. The Hall–Kier alpha value is -2.04. The van der Waals surface area contributed by atoms with Crippen LogP contribution >= 0.6 is 23.2 Å². The van der Waals surface area contributed by atoms with E-state index < -0.39 is 11.8 Å². The van der Waals surface area contributed by atoms with Crippen molar-refractivity contribution in [3.63, 3.8) is 0 Å². The van der Waals surface area contributed by atoms with Gasteiger partial charge in [-0.2, -0.15) is 0 Å². The van der Waals surface area contributed by atoms with Gasteiger partial charge in [0.05, 0.1) is 15.7 Å². The Bertz CT molecular complexity index is 743. The first-order valence-electron chi connectivity index (χ1n) is 7.50. The molecule has 0 saturated carbocycles. The van der Waals surface area contributed by atoms with Crippen molar-refractivity contribution < 1.29 is 9.59 Å². The molecule has 0 radical (unpaired) electrons. The first-order valence-corrected chi connectivity index (χ1v) is 8.26. The molecule has 0 saturated heterocycles. The van der Waals surface area contributed by atoms with Gasteiger partial charge < -0.3 is 10.6 Å². The van der Waals surface area contributed by atoms with Gasteiger partial charge in [-0.1, -0.05) is 67.4 Å². The maximum absolute atomic E-state index is 11.9. The summed E-state index contributed by atoms with van der Waals surface area (Å²) in [6, 6.07) is 12.7. The van der Waals surface area contributed by atoms with Crippen molar-refractivity contribution in [3.05, 3.63) is 63.6 Å². The van der Waals surface area contributed by atoms with Gasteiger partial charge >= 0.3 is 11.8 Å². The van der Waals surface area contributed by atoms with Gasteiger partial charge in [0.25, 0.3) is 0 Å². The summed E-state index contributed by atoms with van der Waals surface area (Å²) in [4.78, 5) is 23.8. The average Bonchev–Trinajstić information content (AvgIpc) is 2.57. The minimum atomic E-state index is -0.794. The number of benzene rings is 2. The number of hydrogen-bond donors (Lipinski definition) is 2. The fourth-order valence-electron chi connectivity index (χ4n) is 2.06. The molecule has 0 aliphatic rings. The largest absolute Gasteiger partial charge is 0.344 e. The van der Waals surface area contributed by atoms with Crippen molar-refractivity contribution >= 4 is 40.7 Å². The van der Waals surface area contributed by atoms with Gasteiger partial charge in [-0.05, 0) is 29.2 Å². The average molecular weight is 365 g/mol. The highest BCUT2D eigenvalue weighted by Crippen LogP contribution is 2.29. The Morgan fingerprint density at radius 2 is 1.67 bits per heavy atom. The lowest BCUT2D eigenvalue weighted by atomic mass is 10.0. The van der Waals surface area contributed by atoms with E-state index >= 15 is 0 Å². The molecule has 2 amide bonds. The van der Waals surface area contributed by atoms with Crippen LogP contribution in [0, 0.1) is 0 Å². The molecular weight excluding hydrogens is 347 g/mol. The second-order valence-electron chi connectivity index (χ2n) is 5.63. The van der Waals surface area contributed by atoms with Crippen molar-refractivity contribution in [3.8, 4) is 0 Å². The molecule has 126 valence electrons. The third kappa shape index (κ3) is 4.73. The van der Waals surface area contributed by atoms with Crippen LogP contribution in [-0.4, -0.2) is 11.8 Å². The first-order chi connectivity index (χ1) is 11.4. The summed E-state index contributed by atoms with van der Waals surface area (Å²) in [6.45, 7) is 4.50.